The summed E-state index contributed by atoms with van der Waals surface area (Å²) in [6.45, 7) is 9.54. The van der Waals surface area contributed by atoms with Crippen LogP contribution < -0.4 is 5.32 Å². The molecule has 1 atom stereocenters. The van der Waals surface area contributed by atoms with E-state index >= 15 is 0 Å². The monoisotopic (exact) mass is 330 g/mol. The highest BCUT2D eigenvalue weighted by Gasteiger charge is 2.27. The topological polar surface area (TPSA) is 41.6 Å². The second-order valence-corrected chi connectivity index (χ2v) is 8.18. The minimum atomic E-state index is -0.404. The molecule has 0 saturated carbocycles. The Morgan fingerprint density at radius 1 is 1.32 bits per heavy atom. The number of piperidine rings is 1. The SMILES string of the molecule is CSCCCCCNCC1CCCN(C(=O)OC(C)(C)C)C1. The van der Waals surface area contributed by atoms with Crippen molar-refractivity contribution < 1.29 is 9.53 Å². The van der Waals surface area contributed by atoms with E-state index in [9.17, 15) is 4.79 Å². The standard InChI is InChI=1S/C17H34N2O2S/c1-17(2,3)21-16(20)19-11-8-9-15(14-19)13-18-10-6-5-7-12-22-4/h15,18H,5-14H2,1-4H3. The van der Waals surface area contributed by atoms with Crippen molar-refractivity contribution in [2.45, 2.75) is 58.5 Å². The smallest absolute Gasteiger partial charge is 0.410 e. The predicted octanol–water partition coefficient (Wildman–Crippen LogP) is 3.76. The maximum absolute atomic E-state index is 12.1. The summed E-state index contributed by atoms with van der Waals surface area (Å²) in [5, 5.41) is 3.55. The first-order valence-electron chi connectivity index (χ1n) is 8.60. The lowest BCUT2D eigenvalue weighted by Gasteiger charge is -2.34. The number of ether oxygens (including phenoxy) is 1. The van der Waals surface area contributed by atoms with Gasteiger partial charge in [0.2, 0.25) is 0 Å². The van der Waals surface area contributed by atoms with Gasteiger partial charge in [-0.15, -0.1) is 0 Å². The van der Waals surface area contributed by atoms with Crippen molar-refractivity contribution in [1.82, 2.24) is 10.2 Å². The molecule has 0 aromatic rings. The van der Waals surface area contributed by atoms with Crippen molar-refractivity contribution in [3.05, 3.63) is 0 Å². The molecular weight excluding hydrogens is 296 g/mol. The third-order valence-corrected chi connectivity index (χ3v) is 4.50. The zero-order valence-electron chi connectivity index (χ0n) is 14.8. The molecule has 0 aliphatic carbocycles. The normalized spacial score (nSPS) is 19.3. The Morgan fingerprint density at radius 3 is 2.77 bits per heavy atom. The fourth-order valence-corrected chi connectivity index (χ4v) is 3.20. The summed E-state index contributed by atoms with van der Waals surface area (Å²) in [6.07, 6.45) is 8.18. The van der Waals surface area contributed by atoms with Crippen molar-refractivity contribution in [2.75, 3.05) is 38.2 Å². The average Bonchev–Trinajstić information content (AvgIpc) is 2.45. The number of nitrogens with zero attached hydrogens (tertiary/aromatic N) is 1. The molecule has 0 bridgehead atoms. The second kappa shape index (κ2) is 10.4. The number of nitrogens with one attached hydrogen (secondary N) is 1. The summed E-state index contributed by atoms with van der Waals surface area (Å²) in [6, 6.07) is 0. The van der Waals surface area contributed by atoms with Gasteiger partial charge in [0.1, 0.15) is 5.60 Å². The largest absolute Gasteiger partial charge is 0.444 e. The lowest BCUT2D eigenvalue weighted by molar-refractivity contribution is 0.0166. The molecule has 0 aromatic heterocycles. The van der Waals surface area contributed by atoms with Gasteiger partial charge in [0, 0.05) is 13.1 Å². The number of carbonyl (C=O) groups excluding carboxylic acids is 1. The van der Waals surface area contributed by atoms with Gasteiger partial charge in [0.15, 0.2) is 0 Å². The van der Waals surface area contributed by atoms with Crippen LogP contribution in [-0.4, -0.2) is 54.8 Å². The van der Waals surface area contributed by atoms with Crippen LogP contribution in [0.15, 0.2) is 0 Å². The molecule has 1 N–H and O–H groups in total. The summed E-state index contributed by atoms with van der Waals surface area (Å²) in [7, 11) is 0. The van der Waals surface area contributed by atoms with Gasteiger partial charge in [0.05, 0.1) is 0 Å². The number of hydrogen-bond acceptors (Lipinski definition) is 4. The highest BCUT2D eigenvalue weighted by atomic mass is 32.2. The van der Waals surface area contributed by atoms with Crippen molar-refractivity contribution in [3.8, 4) is 0 Å². The lowest BCUT2D eigenvalue weighted by Crippen LogP contribution is -2.45. The van der Waals surface area contributed by atoms with Crippen LogP contribution >= 0.6 is 11.8 Å². The van der Waals surface area contributed by atoms with Gasteiger partial charge in [-0.05, 0) is 77.5 Å². The minimum absolute atomic E-state index is 0.158. The number of unbranched alkanes of at least 4 members (excludes halogenated alkanes) is 2. The molecule has 1 rings (SSSR count). The zero-order chi connectivity index (χ0) is 16.4. The average molecular weight is 331 g/mol. The van der Waals surface area contributed by atoms with E-state index in [1.165, 1.54) is 31.4 Å². The van der Waals surface area contributed by atoms with Crippen molar-refractivity contribution in [1.29, 1.82) is 0 Å². The predicted molar refractivity (Wildman–Crippen MR) is 95.6 cm³/mol. The molecule has 0 radical (unpaired) electrons. The molecule has 5 heteroatoms. The fourth-order valence-electron chi connectivity index (χ4n) is 2.70. The van der Waals surface area contributed by atoms with E-state index in [-0.39, 0.29) is 6.09 Å². The van der Waals surface area contributed by atoms with E-state index in [1.54, 1.807) is 0 Å². The van der Waals surface area contributed by atoms with Gasteiger partial charge in [-0.2, -0.15) is 11.8 Å². The molecular formula is C17H34N2O2S. The van der Waals surface area contributed by atoms with Crippen LogP contribution in [0.2, 0.25) is 0 Å². The van der Waals surface area contributed by atoms with Crippen LogP contribution in [0.1, 0.15) is 52.9 Å². The third kappa shape index (κ3) is 8.89. The third-order valence-electron chi connectivity index (χ3n) is 3.81. The molecule has 1 aliphatic heterocycles. The molecule has 1 heterocycles. The van der Waals surface area contributed by atoms with Crippen LogP contribution in [0.25, 0.3) is 0 Å². The zero-order valence-corrected chi connectivity index (χ0v) is 15.6. The highest BCUT2D eigenvalue weighted by Crippen LogP contribution is 2.18. The summed E-state index contributed by atoms with van der Waals surface area (Å²) < 4.78 is 5.47. The summed E-state index contributed by atoms with van der Waals surface area (Å²) in [5.74, 6) is 1.83. The fraction of sp³-hybridized carbons (Fsp3) is 0.941. The molecule has 22 heavy (non-hydrogen) atoms. The molecule has 4 nitrogen and oxygen atoms in total. The van der Waals surface area contributed by atoms with Crippen LogP contribution in [-0.2, 0) is 4.74 Å². The number of amides is 1. The number of likely N-dealkylation sites (tertiary alicyclic amines) is 1. The first-order valence-corrected chi connectivity index (χ1v) is 9.99. The molecule has 1 amide bonds. The van der Waals surface area contributed by atoms with Gasteiger partial charge < -0.3 is 15.0 Å². The first kappa shape index (κ1) is 19.6. The van der Waals surface area contributed by atoms with Gasteiger partial charge in [0.25, 0.3) is 0 Å². The molecule has 1 saturated heterocycles. The Morgan fingerprint density at radius 2 is 2.09 bits per heavy atom. The Bertz CT molecular complexity index is 318. The quantitative estimate of drug-likeness (QED) is 0.688. The van der Waals surface area contributed by atoms with Crippen LogP contribution in [0.5, 0.6) is 0 Å². The van der Waals surface area contributed by atoms with E-state index in [0.29, 0.717) is 5.92 Å². The number of thioether (sulfide) groups is 1. The van der Waals surface area contributed by atoms with Gasteiger partial charge in [-0.1, -0.05) is 6.42 Å². The lowest BCUT2D eigenvalue weighted by atomic mass is 9.98. The van der Waals surface area contributed by atoms with Crippen molar-refractivity contribution in [3.63, 3.8) is 0 Å². The van der Waals surface area contributed by atoms with E-state index in [4.69, 9.17) is 4.74 Å². The Kier molecular flexibility index (Phi) is 9.25. The Balaban J connectivity index is 2.16. The molecule has 0 spiro atoms. The van der Waals surface area contributed by atoms with Crippen LogP contribution in [0.4, 0.5) is 4.79 Å². The number of rotatable bonds is 8. The highest BCUT2D eigenvalue weighted by molar-refractivity contribution is 7.98. The van der Waals surface area contributed by atoms with Gasteiger partial charge >= 0.3 is 6.09 Å². The minimum Gasteiger partial charge on any atom is -0.444 e. The molecule has 1 aliphatic rings. The van der Waals surface area contributed by atoms with E-state index in [2.05, 4.69) is 11.6 Å². The van der Waals surface area contributed by atoms with Gasteiger partial charge in [-0.3, -0.25) is 0 Å². The molecule has 0 aromatic carbocycles. The summed E-state index contributed by atoms with van der Waals surface area (Å²) >= 11 is 1.93. The summed E-state index contributed by atoms with van der Waals surface area (Å²) in [5.41, 5.74) is -0.404. The van der Waals surface area contributed by atoms with Gasteiger partial charge in [-0.25, -0.2) is 4.79 Å². The molecule has 1 unspecified atom stereocenters. The maximum atomic E-state index is 12.1. The van der Waals surface area contributed by atoms with Crippen LogP contribution in [0.3, 0.4) is 0 Å². The Labute approximate surface area is 140 Å². The molecule has 130 valence electrons. The molecule has 1 fully saturated rings. The number of hydrogen-bond donors (Lipinski definition) is 1. The maximum Gasteiger partial charge on any atom is 0.410 e. The Hall–Kier alpha value is -0.420. The number of carbonyl (C=O) groups is 1. The second-order valence-electron chi connectivity index (χ2n) is 7.19. The van der Waals surface area contributed by atoms with E-state index in [1.807, 2.05) is 37.4 Å². The summed E-state index contributed by atoms with van der Waals surface area (Å²) in [4.78, 5) is 14.0. The van der Waals surface area contributed by atoms with Crippen molar-refractivity contribution in [2.24, 2.45) is 5.92 Å². The van der Waals surface area contributed by atoms with E-state index in [0.717, 1.165) is 32.6 Å². The van der Waals surface area contributed by atoms with Crippen molar-refractivity contribution >= 4 is 17.9 Å². The van der Waals surface area contributed by atoms with E-state index < -0.39 is 5.60 Å². The van der Waals surface area contributed by atoms with Crippen LogP contribution in [0, 0.1) is 5.92 Å². The first-order chi connectivity index (χ1) is 10.4.